The Hall–Kier alpha value is -2.44. The van der Waals surface area contributed by atoms with Crippen LogP contribution >= 0.6 is 11.6 Å². The van der Waals surface area contributed by atoms with E-state index in [2.05, 4.69) is 5.32 Å². The van der Waals surface area contributed by atoms with Gasteiger partial charge in [0.15, 0.2) is 0 Å². The molecule has 1 fully saturated rings. The van der Waals surface area contributed by atoms with E-state index in [1.807, 2.05) is 6.07 Å². The maximum Gasteiger partial charge on any atom is 0.268 e. The molecule has 0 spiro atoms. The second-order valence-electron chi connectivity index (χ2n) is 5.82. The van der Waals surface area contributed by atoms with Gasteiger partial charge in [-0.2, -0.15) is 0 Å². The van der Waals surface area contributed by atoms with Crippen LogP contribution in [0.4, 0.5) is 10.1 Å². The molecule has 1 heterocycles. The molecule has 0 aromatic heterocycles. The molecule has 2 amide bonds. The molecule has 1 aliphatic heterocycles. The second-order valence-corrected chi connectivity index (χ2v) is 6.26. The highest BCUT2D eigenvalue weighted by atomic mass is 35.5. The van der Waals surface area contributed by atoms with Gasteiger partial charge in [0, 0.05) is 35.8 Å². The minimum atomic E-state index is -2.16. The van der Waals surface area contributed by atoms with Crippen molar-refractivity contribution in [1.29, 1.82) is 0 Å². The molecule has 0 radical (unpaired) electrons. The van der Waals surface area contributed by atoms with Crippen LogP contribution in [-0.2, 0) is 16.1 Å². The van der Waals surface area contributed by atoms with Gasteiger partial charge in [0.1, 0.15) is 5.82 Å². The number of aliphatic hydroxyl groups is 1. The highest BCUT2D eigenvalue weighted by Gasteiger charge is 2.51. The number of benzene rings is 2. The van der Waals surface area contributed by atoms with Crippen LogP contribution in [0.2, 0.25) is 5.02 Å². The summed E-state index contributed by atoms with van der Waals surface area (Å²) in [5, 5.41) is 13.3. The molecule has 3 rings (SSSR count). The van der Waals surface area contributed by atoms with E-state index in [-0.39, 0.29) is 25.1 Å². The van der Waals surface area contributed by atoms with Crippen molar-refractivity contribution >= 4 is 29.1 Å². The predicted octanol–water partition coefficient (Wildman–Crippen LogP) is 2.26. The number of nitrogens with zero attached hydrogens (tertiary/aromatic N) is 1. The fourth-order valence-electron chi connectivity index (χ4n) is 2.77. The van der Waals surface area contributed by atoms with Crippen LogP contribution in [0.1, 0.15) is 12.0 Å². The van der Waals surface area contributed by atoms with Crippen molar-refractivity contribution in [3.05, 3.63) is 64.9 Å². The summed E-state index contributed by atoms with van der Waals surface area (Å²) in [7, 11) is 0. The number of rotatable bonds is 4. The van der Waals surface area contributed by atoms with E-state index in [9.17, 15) is 19.1 Å². The van der Waals surface area contributed by atoms with Crippen molar-refractivity contribution in [2.75, 3.05) is 11.4 Å². The highest BCUT2D eigenvalue weighted by Crippen LogP contribution is 2.28. The van der Waals surface area contributed by atoms with Crippen molar-refractivity contribution in [3.63, 3.8) is 0 Å². The van der Waals surface area contributed by atoms with E-state index in [1.54, 1.807) is 24.3 Å². The number of carbonyl (C=O) groups is 2. The molecule has 2 aromatic carbocycles. The van der Waals surface area contributed by atoms with Crippen LogP contribution in [-0.4, -0.2) is 29.1 Å². The summed E-state index contributed by atoms with van der Waals surface area (Å²) in [5.74, 6) is -2.07. The number of amides is 2. The standard InChI is InChI=1S/C18H16ClFN2O3/c19-13-6-7-15(20)12(10-13)11-21-16(23)18(25)8-9-22(17(18)24)14-4-2-1-3-5-14/h1-7,10,25H,8-9,11H2,(H,21,23)/t18-/m0/s1. The molecule has 2 N–H and O–H groups in total. The number of halogens is 2. The van der Waals surface area contributed by atoms with Crippen molar-refractivity contribution in [3.8, 4) is 0 Å². The third kappa shape index (κ3) is 3.36. The summed E-state index contributed by atoms with van der Waals surface area (Å²) in [4.78, 5) is 26.2. The molecular weight excluding hydrogens is 347 g/mol. The van der Waals surface area contributed by atoms with Crippen molar-refractivity contribution in [2.24, 2.45) is 0 Å². The Labute approximate surface area is 149 Å². The van der Waals surface area contributed by atoms with Gasteiger partial charge in [-0.05, 0) is 30.3 Å². The fraction of sp³-hybridized carbons (Fsp3) is 0.222. The molecule has 7 heteroatoms. The van der Waals surface area contributed by atoms with Gasteiger partial charge < -0.3 is 15.3 Å². The quantitative estimate of drug-likeness (QED) is 0.820. The second kappa shape index (κ2) is 6.82. The van der Waals surface area contributed by atoms with Gasteiger partial charge in [0.25, 0.3) is 11.8 Å². The van der Waals surface area contributed by atoms with Crippen LogP contribution < -0.4 is 10.2 Å². The average molecular weight is 363 g/mol. The van der Waals surface area contributed by atoms with Gasteiger partial charge in [-0.1, -0.05) is 29.8 Å². The van der Waals surface area contributed by atoms with Gasteiger partial charge in [0.05, 0.1) is 0 Å². The molecule has 1 aliphatic rings. The maximum absolute atomic E-state index is 13.7. The van der Waals surface area contributed by atoms with Crippen LogP contribution in [0.3, 0.4) is 0 Å². The molecule has 5 nitrogen and oxygen atoms in total. The largest absolute Gasteiger partial charge is 0.372 e. The number of para-hydroxylation sites is 1. The van der Waals surface area contributed by atoms with E-state index in [1.165, 1.54) is 23.1 Å². The monoisotopic (exact) mass is 362 g/mol. The molecular formula is C18H16ClFN2O3. The Balaban J connectivity index is 1.71. The Bertz CT molecular complexity index is 815. The third-order valence-corrected chi connectivity index (χ3v) is 4.42. The molecule has 1 atom stereocenters. The summed E-state index contributed by atoms with van der Waals surface area (Å²) in [6, 6.07) is 12.8. The maximum atomic E-state index is 13.7. The molecule has 25 heavy (non-hydrogen) atoms. The number of nitrogens with one attached hydrogen (secondary N) is 1. The summed E-state index contributed by atoms with van der Waals surface area (Å²) in [6.07, 6.45) is -0.0371. The van der Waals surface area contributed by atoms with E-state index >= 15 is 0 Å². The zero-order valence-corrected chi connectivity index (χ0v) is 14.0. The van der Waals surface area contributed by atoms with Crippen LogP contribution in [0.5, 0.6) is 0 Å². The number of anilines is 1. The number of carbonyl (C=O) groups excluding carboxylic acids is 2. The van der Waals surface area contributed by atoms with Crippen molar-refractivity contribution < 1.29 is 19.1 Å². The first-order chi connectivity index (χ1) is 11.9. The molecule has 130 valence electrons. The Kier molecular flexibility index (Phi) is 4.74. The lowest BCUT2D eigenvalue weighted by Crippen LogP contribution is -2.52. The van der Waals surface area contributed by atoms with Gasteiger partial charge in [-0.3, -0.25) is 9.59 Å². The molecule has 2 aromatic rings. The van der Waals surface area contributed by atoms with Crippen LogP contribution in [0, 0.1) is 5.82 Å². The van der Waals surface area contributed by atoms with Crippen molar-refractivity contribution in [2.45, 2.75) is 18.6 Å². The average Bonchev–Trinajstić information content (AvgIpc) is 2.92. The molecule has 0 unspecified atom stereocenters. The Morgan fingerprint density at radius 2 is 2.00 bits per heavy atom. The lowest BCUT2D eigenvalue weighted by Gasteiger charge is -2.21. The van der Waals surface area contributed by atoms with Gasteiger partial charge in [0.2, 0.25) is 5.60 Å². The first-order valence-electron chi connectivity index (χ1n) is 7.73. The summed E-state index contributed by atoms with van der Waals surface area (Å²) in [6.45, 7) is 0.0461. The van der Waals surface area contributed by atoms with E-state index in [4.69, 9.17) is 11.6 Å². The zero-order chi connectivity index (χ0) is 18.0. The molecule has 0 aliphatic carbocycles. The minimum Gasteiger partial charge on any atom is -0.372 e. The number of hydrogen-bond acceptors (Lipinski definition) is 3. The third-order valence-electron chi connectivity index (χ3n) is 4.19. The first-order valence-corrected chi connectivity index (χ1v) is 8.11. The van der Waals surface area contributed by atoms with Crippen LogP contribution in [0.25, 0.3) is 0 Å². The summed E-state index contributed by atoms with van der Waals surface area (Å²) < 4.78 is 13.7. The predicted molar refractivity (Wildman–Crippen MR) is 91.6 cm³/mol. The van der Waals surface area contributed by atoms with E-state index < -0.39 is 23.2 Å². The SMILES string of the molecule is O=C(NCc1cc(Cl)ccc1F)[C@@]1(O)CCN(c2ccccc2)C1=O. The smallest absolute Gasteiger partial charge is 0.268 e. The normalized spacial score (nSPS) is 20.0. The van der Waals surface area contributed by atoms with Gasteiger partial charge in [-0.15, -0.1) is 0 Å². The molecule has 0 bridgehead atoms. The lowest BCUT2D eigenvalue weighted by atomic mass is 10.0. The lowest BCUT2D eigenvalue weighted by molar-refractivity contribution is -0.149. The zero-order valence-electron chi connectivity index (χ0n) is 13.2. The van der Waals surface area contributed by atoms with Crippen molar-refractivity contribution in [1.82, 2.24) is 5.32 Å². The molecule has 1 saturated heterocycles. The summed E-state index contributed by atoms with van der Waals surface area (Å²) in [5.41, 5.74) is -1.38. The Morgan fingerprint density at radius 3 is 2.72 bits per heavy atom. The van der Waals surface area contributed by atoms with E-state index in [0.717, 1.165) is 0 Å². The highest BCUT2D eigenvalue weighted by molar-refractivity contribution is 6.30. The minimum absolute atomic E-state index is 0.0371. The topological polar surface area (TPSA) is 69.6 Å². The fourth-order valence-corrected chi connectivity index (χ4v) is 2.97. The number of hydrogen-bond donors (Lipinski definition) is 2. The van der Waals surface area contributed by atoms with E-state index in [0.29, 0.717) is 10.7 Å². The Morgan fingerprint density at radius 1 is 1.28 bits per heavy atom. The molecule has 0 saturated carbocycles. The van der Waals surface area contributed by atoms with Gasteiger partial charge >= 0.3 is 0 Å². The first kappa shape index (κ1) is 17.4. The van der Waals surface area contributed by atoms with Gasteiger partial charge in [-0.25, -0.2) is 4.39 Å². The summed E-state index contributed by atoms with van der Waals surface area (Å²) >= 11 is 5.81. The van der Waals surface area contributed by atoms with Crippen LogP contribution in [0.15, 0.2) is 48.5 Å².